The number of hydrogen-bond acceptors (Lipinski definition) is 3. The Hall–Kier alpha value is -2.20. The molecule has 0 spiro atoms. The maximum absolute atomic E-state index is 12.3. The topological polar surface area (TPSA) is 41.6 Å². The van der Waals surface area contributed by atoms with Crippen molar-refractivity contribution in [1.29, 1.82) is 0 Å². The van der Waals surface area contributed by atoms with Gasteiger partial charge in [0.25, 0.3) is 0 Å². The number of halogens is 1. The molecule has 1 N–H and O–H groups in total. The van der Waals surface area contributed by atoms with E-state index in [1.54, 1.807) is 7.11 Å². The zero-order chi connectivity index (χ0) is 18.4. The quantitative estimate of drug-likeness (QED) is 0.783. The number of nitrogens with one attached hydrogen (secondary N) is 1. The molecule has 1 heterocycles. The molecule has 1 aliphatic heterocycles. The van der Waals surface area contributed by atoms with Gasteiger partial charge in [0, 0.05) is 30.9 Å². The lowest BCUT2D eigenvalue weighted by Crippen LogP contribution is -2.29. The van der Waals surface area contributed by atoms with Crippen LogP contribution in [-0.4, -0.2) is 26.1 Å². The van der Waals surface area contributed by atoms with Crippen LogP contribution in [0.25, 0.3) is 0 Å². The molecule has 2 aromatic carbocycles. The van der Waals surface area contributed by atoms with Crippen LogP contribution < -0.4 is 15.0 Å². The molecule has 3 rings (SSSR count). The third-order valence-corrected chi connectivity index (χ3v) is 5.00. The van der Waals surface area contributed by atoms with E-state index in [1.807, 2.05) is 30.3 Å². The maximum Gasteiger partial charge on any atom is 0.224 e. The van der Waals surface area contributed by atoms with Crippen LogP contribution in [0.2, 0.25) is 5.02 Å². The lowest BCUT2D eigenvalue weighted by Gasteiger charge is -2.29. The van der Waals surface area contributed by atoms with E-state index in [4.69, 9.17) is 16.3 Å². The van der Waals surface area contributed by atoms with E-state index in [2.05, 4.69) is 22.3 Å². The summed E-state index contributed by atoms with van der Waals surface area (Å²) in [5.74, 6) is 0.655. The Morgan fingerprint density at radius 3 is 2.69 bits per heavy atom. The molecule has 1 fully saturated rings. The van der Waals surface area contributed by atoms with Gasteiger partial charge < -0.3 is 15.0 Å². The molecular weight excluding hydrogens is 348 g/mol. The molecule has 0 saturated carbocycles. The molecule has 26 heavy (non-hydrogen) atoms. The highest BCUT2D eigenvalue weighted by Gasteiger charge is 2.12. The third kappa shape index (κ3) is 4.92. The number of methoxy groups -OCH3 is 1. The Balaban J connectivity index is 1.55. The first-order valence-electron chi connectivity index (χ1n) is 9.13. The van der Waals surface area contributed by atoms with Crippen molar-refractivity contribution < 1.29 is 9.53 Å². The monoisotopic (exact) mass is 372 g/mol. The van der Waals surface area contributed by atoms with Gasteiger partial charge in [0.05, 0.1) is 12.1 Å². The number of aryl methyl sites for hydroxylation is 1. The standard InChI is InChI=1S/C21H25ClN2O2/c1-26-20-10-8-16(14-19(20)22)9-11-21(25)23-17-6-5-7-18(15-17)24-12-3-2-4-13-24/h5-8,10,14-15H,2-4,9,11-13H2,1H3,(H,23,25). The van der Waals surface area contributed by atoms with Gasteiger partial charge in [-0.15, -0.1) is 0 Å². The molecule has 5 heteroatoms. The van der Waals surface area contributed by atoms with Crippen molar-refractivity contribution in [3.63, 3.8) is 0 Å². The molecule has 0 unspecified atom stereocenters. The molecule has 0 radical (unpaired) electrons. The molecule has 0 atom stereocenters. The molecule has 138 valence electrons. The van der Waals surface area contributed by atoms with Crippen LogP contribution in [0.3, 0.4) is 0 Å². The summed E-state index contributed by atoms with van der Waals surface area (Å²) in [5.41, 5.74) is 3.06. The lowest BCUT2D eigenvalue weighted by molar-refractivity contribution is -0.116. The highest BCUT2D eigenvalue weighted by molar-refractivity contribution is 6.32. The van der Waals surface area contributed by atoms with Crippen LogP contribution in [0, 0.1) is 0 Å². The SMILES string of the molecule is COc1ccc(CCC(=O)Nc2cccc(N3CCCCC3)c2)cc1Cl. The summed E-state index contributed by atoms with van der Waals surface area (Å²) >= 11 is 6.14. The van der Waals surface area contributed by atoms with Gasteiger partial charge in [-0.2, -0.15) is 0 Å². The van der Waals surface area contributed by atoms with E-state index >= 15 is 0 Å². The van der Waals surface area contributed by atoms with Crippen molar-refractivity contribution in [2.24, 2.45) is 0 Å². The smallest absolute Gasteiger partial charge is 0.224 e. The number of hydrogen-bond donors (Lipinski definition) is 1. The molecule has 0 bridgehead atoms. The van der Waals surface area contributed by atoms with Crippen LogP contribution in [0.4, 0.5) is 11.4 Å². The summed E-state index contributed by atoms with van der Waals surface area (Å²) in [4.78, 5) is 14.7. The minimum Gasteiger partial charge on any atom is -0.495 e. The van der Waals surface area contributed by atoms with Crippen LogP contribution in [0.15, 0.2) is 42.5 Å². The van der Waals surface area contributed by atoms with Crippen LogP contribution in [0.5, 0.6) is 5.75 Å². The van der Waals surface area contributed by atoms with Crippen LogP contribution in [-0.2, 0) is 11.2 Å². The van der Waals surface area contributed by atoms with Gasteiger partial charge in [0.15, 0.2) is 0 Å². The van der Waals surface area contributed by atoms with E-state index in [0.29, 0.717) is 23.6 Å². The Morgan fingerprint density at radius 1 is 1.15 bits per heavy atom. The van der Waals surface area contributed by atoms with E-state index in [0.717, 1.165) is 24.3 Å². The second-order valence-electron chi connectivity index (χ2n) is 6.62. The number of piperidine rings is 1. The maximum atomic E-state index is 12.3. The zero-order valence-electron chi connectivity index (χ0n) is 15.1. The minimum absolute atomic E-state index is 0.00716. The molecule has 0 aliphatic carbocycles. The number of rotatable bonds is 6. The fourth-order valence-corrected chi connectivity index (χ4v) is 3.56. The lowest BCUT2D eigenvalue weighted by atomic mass is 10.1. The van der Waals surface area contributed by atoms with E-state index in [-0.39, 0.29) is 5.91 Å². The van der Waals surface area contributed by atoms with E-state index in [1.165, 1.54) is 24.9 Å². The summed E-state index contributed by atoms with van der Waals surface area (Å²) in [6.45, 7) is 2.19. The summed E-state index contributed by atoms with van der Waals surface area (Å²) in [5, 5.41) is 3.57. The van der Waals surface area contributed by atoms with E-state index in [9.17, 15) is 4.79 Å². The molecule has 1 amide bonds. The Morgan fingerprint density at radius 2 is 1.96 bits per heavy atom. The number of anilines is 2. The van der Waals surface area contributed by atoms with Crippen LogP contribution in [0.1, 0.15) is 31.2 Å². The minimum atomic E-state index is 0.00716. The van der Waals surface area contributed by atoms with Gasteiger partial charge in [-0.1, -0.05) is 23.7 Å². The van der Waals surface area contributed by atoms with Gasteiger partial charge in [-0.3, -0.25) is 4.79 Å². The second kappa shape index (κ2) is 8.95. The predicted octanol–water partition coefficient (Wildman–Crippen LogP) is 4.91. The summed E-state index contributed by atoms with van der Waals surface area (Å²) < 4.78 is 5.15. The van der Waals surface area contributed by atoms with Gasteiger partial charge in [-0.25, -0.2) is 0 Å². The number of amides is 1. The van der Waals surface area contributed by atoms with Gasteiger partial charge in [0.1, 0.15) is 5.75 Å². The average Bonchev–Trinajstić information content (AvgIpc) is 2.67. The summed E-state index contributed by atoms with van der Waals surface area (Å²) in [6, 6.07) is 13.7. The van der Waals surface area contributed by atoms with Gasteiger partial charge >= 0.3 is 0 Å². The molecule has 0 aromatic heterocycles. The molecule has 1 saturated heterocycles. The highest BCUT2D eigenvalue weighted by atomic mass is 35.5. The van der Waals surface area contributed by atoms with Crippen molar-refractivity contribution >= 4 is 28.9 Å². The number of carbonyl (C=O) groups excluding carboxylic acids is 1. The van der Waals surface area contributed by atoms with Crippen molar-refractivity contribution in [3.8, 4) is 5.75 Å². The molecule has 4 nitrogen and oxygen atoms in total. The number of nitrogens with zero attached hydrogens (tertiary/aromatic N) is 1. The molecule has 1 aliphatic rings. The van der Waals surface area contributed by atoms with Gasteiger partial charge in [-0.05, 0) is 61.6 Å². The number of carbonyl (C=O) groups is 1. The van der Waals surface area contributed by atoms with Crippen molar-refractivity contribution in [3.05, 3.63) is 53.1 Å². The second-order valence-corrected chi connectivity index (χ2v) is 7.02. The molecular formula is C21H25ClN2O2. The van der Waals surface area contributed by atoms with Gasteiger partial charge in [0.2, 0.25) is 5.91 Å². The highest BCUT2D eigenvalue weighted by Crippen LogP contribution is 2.26. The third-order valence-electron chi connectivity index (χ3n) is 4.71. The Labute approximate surface area is 160 Å². The number of benzene rings is 2. The first-order valence-corrected chi connectivity index (χ1v) is 9.51. The first-order chi connectivity index (χ1) is 12.7. The fraction of sp³-hybridized carbons (Fsp3) is 0.381. The van der Waals surface area contributed by atoms with Crippen molar-refractivity contribution in [2.75, 3.05) is 30.4 Å². The van der Waals surface area contributed by atoms with Crippen LogP contribution >= 0.6 is 11.6 Å². The zero-order valence-corrected chi connectivity index (χ0v) is 15.9. The predicted molar refractivity (Wildman–Crippen MR) is 107 cm³/mol. The normalized spacial score (nSPS) is 14.2. The largest absolute Gasteiger partial charge is 0.495 e. The average molecular weight is 373 g/mol. The molecule has 2 aromatic rings. The summed E-state index contributed by atoms with van der Waals surface area (Å²) in [7, 11) is 1.59. The Bertz CT molecular complexity index is 757. The number of ether oxygens (including phenoxy) is 1. The Kier molecular flexibility index (Phi) is 6.40. The van der Waals surface area contributed by atoms with E-state index < -0.39 is 0 Å². The van der Waals surface area contributed by atoms with Crippen molar-refractivity contribution in [2.45, 2.75) is 32.1 Å². The van der Waals surface area contributed by atoms with Crippen molar-refractivity contribution in [1.82, 2.24) is 0 Å². The first kappa shape index (κ1) is 18.6. The fourth-order valence-electron chi connectivity index (χ4n) is 3.28. The summed E-state index contributed by atoms with van der Waals surface area (Å²) in [6.07, 6.45) is 4.84.